The van der Waals surface area contributed by atoms with Crippen molar-refractivity contribution in [3.05, 3.63) is 34.1 Å². The van der Waals surface area contributed by atoms with Gasteiger partial charge in [-0.15, -0.1) is 0 Å². The number of halogens is 2. The van der Waals surface area contributed by atoms with Gasteiger partial charge in [-0.3, -0.25) is 0 Å². The molecule has 0 spiro atoms. The van der Waals surface area contributed by atoms with Gasteiger partial charge in [-0.05, 0) is 58.9 Å². The van der Waals surface area contributed by atoms with Gasteiger partial charge in [0.2, 0.25) is 0 Å². The van der Waals surface area contributed by atoms with Gasteiger partial charge in [0, 0.05) is 13.2 Å². The van der Waals surface area contributed by atoms with Gasteiger partial charge in [-0.1, -0.05) is 13.0 Å². The minimum Gasteiger partial charge on any atom is -0.396 e. The Morgan fingerprint density at radius 3 is 2.88 bits per heavy atom. The molecule has 0 saturated heterocycles. The summed E-state index contributed by atoms with van der Waals surface area (Å²) in [4.78, 5) is 0. The molecule has 1 rings (SSSR count). The van der Waals surface area contributed by atoms with Crippen molar-refractivity contribution in [3.8, 4) is 0 Å². The normalized spacial score (nSPS) is 12.7. The molecule has 0 aliphatic rings. The fraction of sp³-hybridized carbons (Fsp3) is 0.538. The summed E-state index contributed by atoms with van der Waals surface area (Å²) >= 11 is 3.13. The highest BCUT2D eigenvalue weighted by molar-refractivity contribution is 9.10. The molecule has 1 aromatic carbocycles. The first kappa shape index (κ1) is 14.6. The van der Waals surface area contributed by atoms with Gasteiger partial charge in [0.25, 0.3) is 0 Å². The number of aliphatic hydroxyl groups excluding tert-OH is 1. The van der Waals surface area contributed by atoms with Crippen LogP contribution in [0, 0.1) is 11.7 Å². The summed E-state index contributed by atoms with van der Waals surface area (Å²) in [5.74, 6) is 0.139. The van der Waals surface area contributed by atoms with Crippen molar-refractivity contribution < 1.29 is 9.50 Å². The van der Waals surface area contributed by atoms with Crippen LogP contribution in [0.4, 0.5) is 4.39 Å². The zero-order valence-electron chi connectivity index (χ0n) is 10.0. The van der Waals surface area contributed by atoms with E-state index in [1.165, 1.54) is 6.07 Å². The topological polar surface area (TPSA) is 32.3 Å². The van der Waals surface area contributed by atoms with Crippen LogP contribution >= 0.6 is 15.9 Å². The van der Waals surface area contributed by atoms with Crippen molar-refractivity contribution in [2.45, 2.75) is 26.3 Å². The molecule has 0 saturated carbocycles. The molecule has 0 fully saturated rings. The van der Waals surface area contributed by atoms with Crippen LogP contribution in [0.3, 0.4) is 0 Å². The Morgan fingerprint density at radius 1 is 1.47 bits per heavy atom. The maximum Gasteiger partial charge on any atom is 0.137 e. The number of aliphatic hydroxyl groups is 1. The average Bonchev–Trinajstić information content (AvgIpc) is 2.33. The lowest BCUT2D eigenvalue weighted by molar-refractivity contribution is 0.228. The molecule has 1 aromatic rings. The van der Waals surface area contributed by atoms with E-state index in [2.05, 4.69) is 21.2 Å². The van der Waals surface area contributed by atoms with Crippen LogP contribution in [0.15, 0.2) is 22.7 Å². The smallest absolute Gasteiger partial charge is 0.137 e. The largest absolute Gasteiger partial charge is 0.396 e. The minimum absolute atomic E-state index is 0.224. The summed E-state index contributed by atoms with van der Waals surface area (Å²) in [6, 6.07) is 5.16. The lowest BCUT2D eigenvalue weighted by atomic mass is 10.1. The first-order valence-corrected chi connectivity index (χ1v) is 6.68. The average molecular weight is 304 g/mol. The van der Waals surface area contributed by atoms with Crippen molar-refractivity contribution in [2.75, 3.05) is 13.2 Å². The molecule has 4 heteroatoms. The zero-order valence-corrected chi connectivity index (χ0v) is 11.6. The highest BCUT2D eigenvalue weighted by Gasteiger charge is 2.01. The molecule has 0 heterocycles. The van der Waals surface area contributed by atoms with Crippen LogP contribution in [0.25, 0.3) is 0 Å². The van der Waals surface area contributed by atoms with Gasteiger partial charge in [0.05, 0.1) is 4.47 Å². The number of hydrogen-bond acceptors (Lipinski definition) is 2. The Hall–Kier alpha value is -0.450. The molecule has 0 bridgehead atoms. The monoisotopic (exact) mass is 303 g/mol. The van der Waals surface area contributed by atoms with Gasteiger partial charge in [0.1, 0.15) is 5.82 Å². The Bertz CT molecular complexity index is 346. The molecule has 1 unspecified atom stereocenters. The standard InChI is InChI=1S/C13H19BrFNO/c1-10(9-17)3-2-6-16-8-11-4-5-12(14)13(15)7-11/h4-5,7,10,16-17H,2-3,6,8-9H2,1H3. The summed E-state index contributed by atoms with van der Waals surface area (Å²) in [6.07, 6.45) is 2.04. The zero-order chi connectivity index (χ0) is 12.7. The van der Waals surface area contributed by atoms with Crippen LogP contribution < -0.4 is 5.32 Å². The van der Waals surface area contributed by atoms with Crippen LogP contribution in [-0.2, 0) is 6.54 Å². The molecule has 96 valence electrons. The van der Waals surface area contributed by atoms with E-state index in [4.69, 9.17) is 5.11 Å². The summed E-state index contributed by atoms with van der Waals surface area (Å²) in [5.41, 5.74) is 0.945. The van der Waals surface area contributed by atoms with Crippen molar-refractivity contribution >= 4 is 15.9 Å². The second-order valence-corrected chi connectivity index (χ2v) is 5.21. The molecular weight excluding hydrogens is 285 g/mol. The van der Waals surface area contributed by atoms with E-state index in [1.807, 2.05) is 13.0 Å². The molecule has 0 radical (unpaired) electrons. The maximum absolute atomic E-state index is 13.2. The first-order valence-electron chi connectivity index (χ1n) is 5.89. The molecule has 0 aliphatic heterocycles. The molecule has 2 N–H and O–H groups in total. The molecule has 1 atom stereocenters. The molecule has 17 heavy (non-hydrogen) atoms. The first-order chi connectivity index (χ1) is 8.13. The van der Waals surface area contributed by atoms with E-state index >= 15 is 0 Å². The number of rotatable bonds is 7. The second kappa shape index (κ2) is 7.80. The van der Waals surface area contributed by atoms with Gasteiger partial charge in [-0.2, -0.15) is 0 Å². The third-order valence-corrected chi connectivity index (χ3v) is 3.32. The van der Waals surface area contributed by atoms with Crippen molar-refractivity contribution in [3.63, 3.8) is 0 Å². The Balaban J connectivity index is 2.20. The number of nitrogens with one attached hydrogen (secondary N) is 1. The highest BCUT2D eigenvalue weighted by atomic mass is 79.9. The SMILES string of the molecule is CC(CO)CCCNCc1ccc(Br)c(F)c1. The van der Waals surface area contributed by atoms with Crippen molar-refractivity contribution in [2.24, 2.45) is 5.92 Å². The summed E-state index contributed by atoms with van der Waals surface area (Å²) < 4.78 is 13.7. The lowest BCUT2D eigenvalue weighted by Gasteiger charge is -2.08. The third kappa shape index (κ3) is 5.61. The summed E-state index contributed by atoms with van der Waals surface area (Å²) in [5, 5.41) is 12.1. The fourth-order valence-electron chi connectivity index (χ4n) is 1.55. The predicted molar refractivity (Wildman–Crippen MR) is 71.3 cm³/mol. The van der Waals surface area contributed by atoms with Gasteiger partial charge >= 0.3 is 0 Å². The summed E-state index contributed by atoms with van der Waals surface area (Å²) in [7, 11) is 0. The second-order valence-electron chi connectivity index (χ2n) is 4.36. The Morgan fingerprint density at radius 2 is 2.24 bits per heavy atom. The fourth-order valence-corrected chi connectivity index (χ4v) is 1.80. The lowest BCUT2D eigenvalue weighted by Crippen LogP contribution is -2.16. The molecule has 0 aliphatic carbocycles. The van der Waals surface area contributed by atoms with E-state index in [0.29, 0.717) is 16.9 Å². The van der Waals surface area contributed by atoms with E-state index in [9.17, 15) is 4.39 Å². The van der Waals surface area contributed by atoms with E-state index in [-0.39, 0.29) is 12.4 Å². The molecular formula is C13H19BrFNO. The highest BCUT2D eigenvalue weighted by Crippen LogP contribution is 2.16. The van der Waals surface area contributed by atoms with Crippen molar-refractivity contribution in [1.82, 2.24) is 5.32 Å². The van der Waals surface area contributed by atoms with Gasteiger partial charge in [-0.25, -0.2) is 4.39 Å². The minimum atomic E-state index is -0.224. The summed E-state index contributed by atoms with van der Waals surface area (Å²) in [6.45, 7) is 3.85. The number of benzene rings is 1. The Labute approximate surface area is 110 Å². The molecule has 0 amide bonds. The van der Waals surface area contributed by atoms with E-state index < -0.39 is 0 Å². The molecule has 0 aromatic heterocycles. The number of hydrogen-bond donors (Lipinski definition) is 2. The van der Waals surface area contributed by atoms with Gasteiger partial charge < -0.3 is 10.4 Å². The molecule has 2 nitrogen and oxygen atoms in total. The van der Waals surface area contributed by atoms with Crippen LogP contribution in [0.5, 0.6) is 0 Å². The van der Waals surface area contributed by atoms with Crippen LogP contribution in [-0.4, -0.2) is 18.3 Å². The Kier molecular flexibility index (Phi) is 6.70. The quantitative estimate of drug-likeness (QED) is 0.759. The third-order valence-electron chi connectivity index (χ3n) is 2.68. The van der Waals surface area contributed by atoms with Crippen molar-refractivity contribution in [1.29, 1.82) is 0 Å². The van der Waals surface area contributed by atoms with E-state index in [0.717, 1.165) is 24.9 Å². The van der Waals surface area contributed by atoms with E-state index in [1.54, 1.807) is 6.07 Å². The van der Waals surface area contributed by atoms with Gasteiger partial charge in [0.15, 0.2) is 0 Å². The maximum atomic E-state index is 13.2. The van der Waals surface area contributed by atoms with Crippen LogP contribution in [0.1, 0.15) is 25.3 Å². The van der Waals surface area contributed by atoms with Crippen LogP contribution in [0.2, 0.25) is 0 Å². The predicted octanol–water partition coefficient (Wildman–Crippen LogP) is 3.09.